The number of rotatable bonds is 3. The molecule has 1 aliphatic carbocycles. The molecule has 29 heavy (non-hydrogen) atoms. The van der Waals surface area contributed by atoms with E-state index < -0.39 is 0 Å². The maximum absolute atomic E-state index is 12.8. The van der Waals surface area contributed by atoms with Gasteiger partial charge in [0.1, 0.15) is 6.04 Å². The summed E-state index contributed by atoms with van der Waals surface area (Å²) < 4.78 is 7.09. The van der Waals surface area contributed by atoms with Gasteiger partial charge in [0, 0.05) is 24.0 Å². The largest absolute Gasteiger partial charge is 0.377 e. The number of amides is 1. The highest BCUT2D eigenvalue weighted by molar-refractivity contribution is 5.97. The maximum Gasteiger partial charge on any atom is 0.267 e. The number of nitrogens with one attached hydrogen (secondary N) is 1. The molecule has 0 saturated carbocycles. The lowest BCUT2D eigenvalue weighted by molar-refractivity contribution is 0.0924. The molecule has 0 radical (unpaired) electrons. The summed E-state index contributed by atoms with van der Waals surface area (Å²) in [6.45, 7) is 0.689. The minimum Gasteiger partial charge on any atom is -0.377 e. The molecule has 2 atom stereocenters. The zero-order valence-electron chi connectivity index (χ0n) is 15.9. The Morgan fingerprint density at radius 3 is 2.79 bits per heavy atom. The first kappa shape index (κ1) is 17.9. The molecule has 0 bridgehead atoms. The molecule has 3 heterocycles. The van der Waals surface area contributed by atoms with Crippen LogP contribution < -0.4 is 10.9 Å². The molecule has 1 amide bonds. The van der Waals surface area contributed by atoms with Crippen molar-refractivity contribution in [2.75, 3.05) is 13.2 Å². The Morgan fingerprint density at radius 1 is 1.07 bits per heavy atom. The van der Waals surface area contributed by atoms with Gasteiger partial charge in [-0.05, 0) is 49.4 Å². The number of carbonyl (C=O) groups is 1. The van der Waals surface area contributed by atoms with Crippen molar-refractivity contribution in [1.82, 2.24) is 25.1 Å². The average molecular weight is 391 g/mol. The first-order valence-corrected chi connectivity index (χ1v) is 9.90. The highest BCUT2D eigenvalue weighted by atomic mass is 16.5. The summed E-state index contributed by atoms with van der Waals surface area (Å²) in [4.78, 5) is 33.9. The summed E-state index contributed by atoms with van der Waals surface area (Å²) in [6.07, 6.45) is 7.19. The molecule has 1 aliphatic heterocycles. The van der Waals surface area contributed by atoms with Crippen molar-refractivity contribution < 1.29 is 9.53 Å². The van der Waals surface area contributed by atoms with E-state index in [0.717, 1.165) is 42.5 Å². The Kier molecular flexibility index (Phi) is 4.55. The van der Waals surface area contributed by atoms with Crippen molar-refractivity contribution in [3.8, 4) is 0 Å². The van der Waals surface area contributed by atoms with Crippen LogP contribution in [-0.4, -0.2) is 44.9 Å². The summed E-state index contributed by atoms with van der Waals surface area (Å²) in [5.74, 6) is -0.232. The van der Waals surface area contributed by atoms with Crippen molar-refractivity contribution in [1.29, 1.82) is 0 Å². The minimum atomic E-state index is -0.327. The van der Waals surface area contributed by atoms with Gasteiger partial charge in [0.15, 0.2) is 0 Å². The lowest BCUT2D eigenvalue weighted by Crippen LogP contribution is -2.44. The van der Waals surface area contributed by atoms with Crippen LogP contribution in [0, 0.1) is 0 Å². The first-order valence-electron chi connectivity index (χ1n) is 9.90. The van der Waals surface area contributed by atoms with Gasteiger partial charge in [-0.3, -0.25) is 19.6 Å². The number of fused-ring (bicyclic) bond motifs is 2. The van der Waals surface area contributed by atoms with Crippen LogP contribution in [0.4, 0.5) is 0 Å². The summed E-state index contributed by atoms with van der Waals surface area (Å²) in [7, 11) is 0. The topological polar surface area (TPSA) is 99.0 Å². The molecule has 8 nitrogen and oxygen atoms in total. The van der Waals surface area contributed by atoms with Gasteiger partial charge in [0.05, 0.1) is 36.0 Å². The minimum absolute atomic E-state index is 0.138. The summed E-state index contributed by atoms with van der Waals surface area (Å²) in [6, 6.07) is 6.26. The quantitative estimate of drug-likeness (QED) is 0.725. The molecule has 3 aromatic rings. The smallest absolute Gasteiger partial charge is 0.267 e. The molecule has 1 fully saturated rings. The predicted octanol–water partition coefficient (Wildman–Crippen LogP) is 1.44. The van der Waals surface area contributed by atoms with Crippen molar-refractivity contribution in [2.45, 2.75) is 37.8 Å². The van der Waals surface area contributed by atoms with E-state index in [1.807, 2.05) is 0 Å². The molecule has 8 heteroatoms. The van der Waals surface area contributed by atoms with Crippen LogP contribution in [0.5, 0.6) is 0 Å². The second kappa shape index (κ2) is 7.36. The Hall–Kier alpha value is -3.13. The third-order valence-electron chi connectivity index (χ3n) is 5.64. The fourth-order valence-corrected chi connectivity index (χ4v) is 4.09. The highest BCUT2D eigenvalue weighted by Crippen LogP contribution is 2.22. The van der Waals surface area contributed by atoms with E-state index in [2.05, 4.69) is 20.4 Å². The van der Waals surface area contributed by atoms with Crippen LogP contribution >= 0.6 is 0 Å². The van der Waals surface area contributed by atoms with Gasteiger partial charge >= 0.3 is 0 Å². The molecule has 2 aliphatic rings. The number of benzene rings is 1. The highest BCUT2D eigenvalue weighted by Gasteiger charge is 2.33. The van der Waals surface area contributed by atoms with Crippen LogP contribution in [-0.2, 0) is 17.6 Å². The van der Waals surface area contributed by atoms with Gasteiger partial charge in [0.2, 0.25) is 0 Å². The van der Waals surface area contributed by atoms with Crippen LogP contribution in [0.25, 0.3) is 11.0 Å². The normalized spacial score (nSPS) is 21.1. The molecule has 148 valence electrons. The van der Waals surface area contributed by atoms with Crippen LogP contribution in [0.2, 0.25) is 0 Å². The molecule has 2 unspecified atom stereocenters. The molecule has 2 aromatic heterocycles. The zero-order valence-corrected chi connectivity index (χ0v) is 15.9. The van der Waals surface area contributed by atoms with E-state index in [0.29, 0.717) is 24.3 Å². The number of aryl methyl sites for hydroxylation is 2. The second-order valence-corrected chi connectivity index (χ2v) is 7.55. The van der Waals surface area contributed by atoms with Gasteiger partial charge < -0.3 is 10.1 Å². The van der Waals surface area contributed by atoms with Crippen molar-refractivity contribution >= 4 is 16.9 Å². The number of ether oxygens (including phenoxy) is 1. The SMILES string of the molecule is O=C(NC1COCC1n1nc2c(cc1=O)CCCC2)c1ccc2nccnc2c1. The number of hydrogen-bond acceptors (Lipinski definition) is 6. The Morgan fingerprint density at radius 2 is 1.90 bits per heavy atom. The summed E-state index contributed by atoms with van der Waals surface area (Å²) >= 11 is 0. The van der Waals surface area contributed by atoms with E-state index >= 15 is 0 Å². The fraction of sp³-hybridized carbons (Fsp3) is 0.381. The molecule has 1 saturated heterocycles. The number of carbonyl (C=O) groups excluding carboxylic acids is 1. The maximum atomic E-state index is 12.8. The number of nitrogens with zero attached hydrogens (tertiary/aromatic N) is 4. The van der Waals surface area contributed by atoms with Gasteiger partial charge in [-0.1, -0.05) is 0 Å². The third-order valence-corrected chi connectivity index (χ3v) is 5.64. The van der Waals surface area contributed by atoms with E-state index in [-0.39, 0.29) is 23.6 Å². The van der Waals surface area contributed by atoms with E-state index in [1.54, 1.807) is 36.7 Å². The van der Waals surface area contributed by atoms with E-state index in [1.165, 1.54) is 4.68 Å². The standard InChI is InChI=1S/C21H21N5O3/c27-20-10-13-3-1-2-4-15(13)25-26(20)19-12-29-11-18(19)24-21(28)14-5-6-16-17(9-14)23-8-7-22-16/h5-10,18-19H,1-4,11-12H2,(H,24,28). The van der Waals surface area contributed by atoms with Gasteiger partial charge in [-0.15, -0.1) is 0 Å². The number of hydrogen-bond donors (Lipinski definition) is 1. The van der Waals surface area contributed by atoms with E-state index in [4.69, 9.17) is 4.74 Å². The first-order chi connectivity index (χ1) is 14.2. The predicted molar refractivity (Wildman–Crippen MR) is 106 cm³/mol. The Balaban J connectivity index is 1.39. The molecule has 1 N–H and O–H groups in total. The van der Waals surface area contributed by atoms with Crippen LogP contribution in [0.1, 0.15) is 40.5 Å². The molecule has 1 aromatic carbocycles. The Bertz CT molecular complexity index is 1140. The lowest BCUT2D eigenvalue weighted by atomic mass is 9.97. The molecular weight excluding hydrogens is 370 g/mol. The second-order valence-electron chi connectivity index (χ2n) is 7.55. The molecular formula is C21H21N5O3. The summed E-state index contributed by atoms with van der Waals surface area (Å²) in [5.41, 5.74) is 3.79. The zero-order chi connectivity index (χ0) is 19.8. The van der Waals surface area contributed by atoms with Crippen LogP contribution in [0.3, 0.4) is 0 Å². The van der Waals surface area contributed by atoms with Crippen LogP contribution in [0.15, 0.2) is 41.5 Å². The van der Waals surface area contributed by atoms with Gasteiger partial charge in [0.25, 0.3) is 11.5 Å². The Labute approximate surface area is 166 Å². The average Bonchev–Trinajstić information content (AvgIpc) is 3.20. The van der Waals surface area contributed by atoms with Crippen molar-refractivity contribution in [3.63, 3.8) is 0 Å². The van der Waals surface area contributed by atoms with E-state index in [9.17, 15) is 9.59 Å². The fourth-order valence-electron chi connectivity index (χ4n) is 4.09. The monoisotopic (exact) mass is 391 g/mol. The van der Waals surface area contributed by atoms with Gasteiger partial charge in [-0.25, -0.2) is 4.68 Å². The third kappa shape index (κ3) is 3.40. The van der Waals surface area contributed by atoms with Gasteiger partial charge in [-0.2, -0.15) is 5.10 Å². The van der Waals surface area contributed by atoms with Crippen molar-refractivity contribution in [2.24, 2.45) is 0 Å². The number of aromatic nitrogens is 4. The summed E-state index contributed by atoms with van der Waals surface area (Å²) in [5, 5.41) is 7.62. The molecule has 5 rings (SSSR count). The lowest BCUT2D eigenvalue weighted by Gasteiger charge is -2.23. The molecule has 0 spiro atoms. The van der Waals surface area contributed by atoms with Crippen molar-refractivity contribution in [3.05, 3.63) is 63.8 Å².